The van der Waals surface area contributed by atoms with Crippen LogP contribution < -0.4 is 10.6 Å². The summed E-state index contributed by atoms with van der Waals surface area (Å²) < 4.78 is 0. The monoisotopic (exact) mass is 422 g/mol. The van der Waals surface area contributed by atoms with Crippen molar-refractivity contribution < 1.29 is 0 Å². The average Bonchev–Trinajstić information content (AvgIpc) is 3.11. The fraction of sp³-hybridized carbons (Fsp3) is 0.407. The lowest BCUT2D eigenvalue weighted by atomic mass is 10.1. The first-order valence-electron chi connectivity index (χ1n) is 10.7. The minimum absolute atomic E-state index is 0.186. The largest absolute Gasteiger partial charge is 0.0918 e. The van der Waals surface area contributed by atoms with Gasteiger partial charge in [0.2, 0.25) is 0 Å². The van der Waals surface area contributed by atoms with Gasteiger partial charge in [0.1, 0.15) is 0 Å². The maximum Gasteiger partial charge on any atom is 0.00971 e. The van der Waals surface area contributed by atoms with E-state index in [4.69, 9.17) is 0 Å². The van der Waals surface area contributed by atoms with Crippen LogP contribution in [-0.4, -0.2) is 16.0 Å². The number of benzene rings is 2. The molecule has 0 aromatic heterocycles. The van der Waals surface area contributed by atoms with Crippen molar-refractivity contribution in [2.45, 2.75) is 64.4 Å². The van der Waals surface area contributed by atoms with Crippen LogP contribution in [0.5, 0.6) is 0 Å². The molecule has 0 nitrogen and oxygen atoms in total. The summed E-state index contributed by atoms with van der Waals surface area (Å²) in [4.78, 5) is 0. The van der Waals surface area contributed by atoms with E-state index >= 15 is 0 Å². The Balaban J connectivity index is 2.04. The van der Waals surface area contributed by atoms with Crippen LogP contribution in [0.2, 0.25) is 0 Å². The van der Waals surface area contributed by atoms with Crippen molar-refractivity contribution in [3.63, 3.8) is 0 Å². The SMILES string of the molecule is C[C@H](C1C=CC=C1P(c1ccccc1)c1ccccc1)P(C(C)(C)C)C(C)(C)C. The van der Waals surface area contributed by atoms with Crippen molar-refractivity contribution in [1.82, 2.24) is 0 Å². The first kappa shape index (κ1) is 22.5. The second kappa shape index (κ2) is 8.88. The van der Waals surface area contributed by atoms with Gasteiger partial charge in [-0.05, 0) is 39.8 Å². The highest BCUT2D eigenvalue weighted by Gasteiger charge is 2.42. The van der Waals surface area contributed by atoms with E-state index in [2.05, 4.69) is 127 Å². The summed E-state index contributed by atoms with van der Waals surface area (Å²) in [7, 11) is -0.697. The Bertz CT molecular complexity index is 797. The Morgan fingerprint density at radius 1 is 0.724 bits per heavy atom. The molecule has 2 atom stereocenters. The molecule has 0 heterocycles. The Morgan fingerprint density at radius 3 is 1.59 bits per heavy atom. The molecule has 1 unspecified atom stereocenters. The van der Waals surface area contributed by atoms with Gasteiger partial charge in [-0.15, -0.1) is 0 Å². The third-order valence-corrected chi connectivity index (χ3v) is 12.2. The summed E-state index contributed by atoms with van der Waals surface area (Å²) in [6.07, 6.45) is 7.22. The molecule has 0 spiro atoms. The van der Waals surface area contributed by atoms with Crippen molar-refractivity contribution in [3.05, 3.63) is 84.2 Å². The van der Waals surface area contributed by atoms with Crippen LogP contribution in [0.25, 0.3) is 0 Å². The van der Waals surface area contributed by atoms with Gasteiger partial charge in [0.15, 0.2) is 0 Å². The topological polar surface area (TPSA) is 0 Å². The molecule has 2 heteroatoms. The summed E-state index contributed by atoms with van der Waals surface area (Å²) >= 11 is 0. The van der Waals surface area contributed by atoms with Gasteiger partial charge in [-0.3, -0.25) is 0 Å². The van der Waals surface area contributed by atoms with Crippen LogP contribution in [0, 0.1) is 5.92 Å². The first-order chi connectivity index (χ1) is 13.6. The van der Waals surface area contributed by atoms with Gasteiger partial charge in [-0.25, -0.2) is 0 Å². The van der Waals surface area contributed by atoms with Gasteiger partial charge in [-0.1, -0.05) is 135 Å². The normalized spacial score (nSPS) is 18.4. The lowest BCUT2D eigenvalue weighted by molar-refractivity contribution is 0.658. The maximum atomic E-state index is 2.51. The molecule has 3 rings (SSSR count). The van der Waals surface area contributed by atoms with E-state index in [-0.39, 0.29) is 7.92 Å². The third kappa shape index (κ3) is 5.10. The number of hydrogen-bond donors (Lipinski definition) is 0. The molecule has 0 radical (unpaired) electrons. The summed E-state index contributed by atoms with van der Waals surface area (Å²) in [6, 6.07) is 22.3. The molecule has 1 aliphatic carbocycles. The Labute approximate surface area is 181 Å². The second-order valence-electron chi connectivity index (χ2n) is 9.96. The summed E-state index contributed by atoms with van der Waals surface area (Å²) in [5, 5.41) is 5.19. The minimum Gasteiger partial charge on any atom is -0.0918 e. The van der Waals surface area contributed by atoms with E-state index in [9.17, 15) is 0 Å². The highest BCUT2D eigenvalue weighted by molar-refractivity contribution is 7.76. The number of hydrogen-bond acceptors (Lipinski definition) is 0. The molecule has 29 heavy (non-hydrogen) atoms. The molecule has 0 fully saturated rings. The Kier molecular flexibility index (Phi) is 6.88. The zero-order valence-corrected chi connectivity index (χ0v) is 20.8. The molecule has 0 amide bonds. The minimum atomic E-state index is -0.511. The highest BCUT2D eigenvalue weighted by atomic mass is 31.1. The summed E-state index contributed by atoms with van der Waals surface area (Å²) in [5.41, 5.74) is 0.646. The van der Waals surface area contributed by atoms with Crippen LogP contribution in [0.3, 0.4) is 0 Å². The van der Waals surface area contributed by atoms with E-state index in [1.165, 1.54) is 10.6 Å². The molecule has 1 aliphatic rings. The van der Waals surface area contributed by atoms with Crippen LogP contribution in [0.4, 0.5) is 0 Å². The predicted octanol–water partition coefficient (Wildman–Crippen LogP) is 7.66. The van der Waals surface area contributed by atoms with Crippen LogP contribution >= 0.6 is 15.8 Å². The lowest BCUT2D eigenvalue weighted by Crippen LogP contribution is -2.34. The maximum absolute atomic E-state index is 2.51. The predicted molar refractivity (Wildman–Crippen MR) is 136 cm³/mol. The van der Waals surface area contributed by atoms with E-state index in [0.29, 0.717) is 21.9 Å². The Morgan fingerprint density at radius 2 is 1.17 bits per heavy atom. The van der Waals surface area contributed by atoms with Crippen molar-refractivity contribution >= 4 is 26.5 Å². The van der Waals surface area contributed by atoms with E-state index in [1.54, 1.807) is 5.31 Å². The van der Waals surface area contributed by atoms with Gasteiger partial charge < -0.3 is 0 Å². The molecule has 154 valence electrons. The molecule has 0 saturated carbocycles. The number of allylic oxidation sites excluding steroid dienone is 4. The smallest absolute Gasteiger partial charge is 0.00971 e. The van der Waals surface area contributed by atoms with Crippen LogP contribution in [0.15, 0.2) is 84.2 Å². The molecule has 0 N–H and O–H groups in total. The molecule has 0 bridgehead atoms. The van der Waals surface area contributed by atoms with E-state index in [1.807, 2.05) is 0 Å². The molecule has 0 saturated heterocycles. The first-order valence-corrected chi connectivity index (χ1v) is 13.4. The Hall–Kier alpha value is -1.22. The zero-order chi connectivity index (χ0) is 21.2. The van der Waals surface area contributed by atoms with Gasteiger partial charge in [0.05, 0.1) is 0 Å². The van der Waals surface area contributed by atoms with Crippen molar-refractivity contribution in [3.8, 4) is 0 Å². The van der Waals surface area contributed by atoms with E-state index < -0.39 is 7.92 Å². The van der Waals surface area contributed by atoms with Crippen molar-refractivity contribution in [1.29, 1.82) is 0 Å². The van der Waals surface area contributed by atoms with Gasteiger partial charge in [0.25, 0.3) is 0 Å². The lowest BCUT2D eigenvalue weighted by Gasteiger charge is -2.48. The van der Waals surface area contributed by atoms with Crippen molar-refractivity contribution in [2.75, 3.05) is 0 Å². The molecule has 2 aromatic rings. The van der Waals surface area contributed by atoms with Crippen molar-refractivity contribution in [2.24, 2.45) is 5.92 Å². The van der Waals surface area contributed by atoms with Gasteiger partial charge in [0, 0.05) is 5.92 Å². The van der Waals surface area contributed by atoms with Crippen LogP contribution in [0.1, 0.15) is 48.5 Å². The zero-order valence-electron chi connectivity index (χ0n) is 19.1. The molecule has 2 aromatic carbocycles. The standard InChI is InChI=1S/C27H36P2/c1-21(29(26(2,3)4)27(5,6)7)24-19-14-20-25(24)28(22-15-10-8-11-16-22)23-17-12-9-13-18-23/h8-21,24H,1-7H3/t21-,24?/m1/s1. The molecule has 0 aliphatic heterocycles. The second-order valence-corrected chi connectivity index (χ2v) is 16.4. The number of rotatable bonds is 5. The highest BCUT2D eigenvalue weighted by Crippen LogP contribution is 2.66. The summed E-state index contributed by atoms with van der Waals surface area (Å²) in [5.74, 6) is 0.520. The fourth-order valence-electron chi connectivity index (χ4n) is 5.11. The average molecular weight is 423 g/mol. The van der Waals surface area contributed by atoms with Gasteiger partial charge in [-0.2, -0.15) is 0 Å². The van der Waals surface area contributed by atoms with Crippen LogP contribution in [-0.2, 0) is 0 Å². The quantitative estimate of drug-likeness (QED) is 0.434. The molecular weight excluding hydrogens is 386 g/mol. The summed E-state index contributed by atoms with van der Waals surface area (Å²) in [6.45, 7) is 17.2. The van der Waals surface area contributed by atoms with E-state index in [0.717, 1.165) is 0 Å². The third-order valence-electron chi connectivity index (χ3n) is 5.59. The van der Waals surface area contributed by atoms with Gasteiger partial charge >= 0.3 is 0 Å². The fourth-order valence-corrected chi connectivity index (χ4v) is 12.9. The molecular formula is C27H36P2.